The van der Waals surface area contributed by atoms with Crippen molar-refractivity contribution >= 4 is 0 Å². The van der Waals surface area contributed by atoms with Gasteiger partial charge in [-0.3, -0.25) is 0 Å². The molecule has 0 aromatic carbocycles. The van der Waals surface area contributed by atoms with E-state index in [9.17, 15) is 0 Å². The highest BCUT2D eigenvalue weighted by Crippen LogP contribution is 2.15. The van der Waals surface area contributed by atoms with Crippen LogP contribution in [0.4, 0.5) is 0 Å². The maximum Gasteiger partial charge on any atom is 0.0702 e. The second-order valence-electron chi connectivity index (χ2n) is 5.69. The SMILES string of the molecule is CCC1CCN(CC2CCCO2)CCC(C)N1. The zero-order valence-electron chi connectivity index (χ0n) is 11.5. The quantitative estimate of drug-likeness (QED) is 0.817. The summed E-state index contributed by atoms with van der Waals surface area (Å²) in [4.78, 5) is 2.62. The van der Waals surface area contributed by atoms with Crippen molar-refractivity contribution in [2.45, 2.75) is 64.1 Å². The minimum Gasteiger partial charge on any atom is -0.377 e. The van der Waals surface area contributed by atoms with Crippen molar-refractivity contribution in [2.75, 3.05) is 26.2 Å². The summed E-state index contributed by atoms with van der Waals surface area (Å²) in [6.07, 6.45) is 6.84. The maximum absolute atomic E-state index is 5.75. The first-order chi connectivity index (χ1) is 8.28. The van der Waals surface area contributed by atoms with Gasteiger partial charge in [0.15, 0.2) is 0 Å². The molecule has 2 aliphatic rings. The Kier molecular flexibility index (Phi) is 5.26. The molecule has 100 valence electrons. The molecule has 2 aliphatic heterocycles. The Balaban J connectivity index is 1.80. The molecule has 0 aliphatic carbocycles. The van der Waals surface area contributed by atoms with Crippen molar-refractivity contribution in [1.82, 2.24) is 10.2 Å². The van der Waals surface area contributed by atoms with Gasteiger partial charge in [-0.15, -0.1) is 0 Å². The van der Waals surface area contributed by atoms with Gasteiger partial charge < -0.3 is 15.0 Å². The molecule has 0 aromatic heterocycles. The van der Waals surface area contributed by atoms with Crippen LogP contribution in [0, 0.1) is 0 Å². The van der Waals surface area contributed by atoms with Gasteiger partial charge in [-0.05, 0) is 52.1 Å². The number of hydrogen-bond donors (Lipinski definition) is 1. The van der Waals surface area contributed by atoms with Crippen LogP contribution in [-0.4, -0.2) is 49.3 Å². The van der Waals surface area contributed by atoms with Crippen LogP contribution in [0.25, 0.3) is 0 Å². The molecule has 3 heteroatoms. The third-order valence-corrected chi connectivity index (χ3v) is 4.17. The highest BCUT2D eigenvalue weighted by Gasteiger charge is 2.22. The first kappa shape index (κ1) is 13.3. The summed E-state index contributed by atoms with van der Waals surface area (Å²) in [6, 6.07) is 1.37. The molecule has 0 spiro atoms. The molecule has 0 aromatic rings. The molecule has 2 fully saturated rings. The van der Waals surface area contributed by atoms with E-state index in [1.54, 1.807) is 0 Å². The molecule has 2 heterocycles. The van der Waals surface area contributed by atoms with Gasteiger partial charge in [0.1, 0.15) is 0 Å². The van der Waals surface area contributed by atoms with Crippen LogP contribution in [0.3, 0.4) is 0 Å². The molecule has 0 bridgehead atoms. The Morgan fingerprint density at radius 1 is 1.24 bits per heavy atom. The lowest BCUT2D eigenvalue weighted by atomic mass is 10.1. The molecule has 0 saturated carbocycles. The van der Waals surface area contributed by atoms with Crippen LogP contribution in [0.15, 0.2) is 0 Å². The average Bonchev–Trinajstić information content (AvgIpc) is 2.81. The standard InChI is InChI=1S/C14H28N2O/c1-3-13-7-9-16(8-6-12(2)15-13)11-14-5-4-10-17-14/h12-15H,3-11H2,1-2H3. The van der Waals surface area contributed by atoms with E-state index >= 15 is 0 Å². The Morgan fingerprint density at radius 2 is 2.06 bits per heavy atom. The van der Waals surface area contributed by atoms with Gasteiger partial charge in [0.25, 0.3) is 0 Å². The smallest absolute Gasteiger partial charge is 0.0702 e. The van der Waals surface area contributed by atoms with E-state index < -0.39 is 0 Å². The van der Waals surface area contributed by atoms with Crippen molar-refractivity contribution in [1.29, 1.82) is 0 Å². The lowest BCUT2D eigenvalue weighted by Gasteiger charge is -2.33. The van der Waals surface area contributed by atoms with E-state index in [0.29, 0.717) is 18.2 Å². The van der Waals surface area contributed by atoms with Crippen molar-refractivity contribution in [2.24, 2.45) is 0 Å². The minimum atomic E-state index is 0.512. The van der Waals surface area contributed by atoms with Crippen LogP contribution >= 0.6 is 0 Å². The van der Waals surface area contributed by atoms with Gasteiger partial charge in [0, 0.05) is 25.2 Å². The van der Waals surface area contributed by atoms with Gasteiger partial charge in [0.2, 0.25) is 0 Å². The number of rotatable bonds is 3. The molecule has 0 amide bonds. The van der Waals surface area contributed by atoms with E-state index in [4.69, 9.17) is 4.74 Å². The lowest BCUT2D eigenvalue weighted by molar-refractivity contribution is 0.0672. The predicted molar refractivity (Wildman–Crippen MR) is 71.3 cm³/mol. The molecule has 17 heavy (non-hydrogen) atoms. The van der Waals surface area contributed by atoms with Gasteiger partial charge in [-0.25, -0.2) is 0 Å². The summed E-state index contributed by atoms with van der Waals surface area (Å²) >= 11 is 0. The Labute approximate surface area is 106 Å². The average molecular weight is 240 g/mol. The van der Waals surface area contributed by atoms with Crippen LogP contribution in [0.1, 0.15) is 46.0 Å². The van der Waals surface area contributed by atoms with Crippen LogP contribution in [0.5, 0.6) is 0 Å². The van der Waals surface area contributed by atoms with E-state index in [0.717, 1.165) is 13.2 Å². The van der Waals surface area contributed by atoms with Gasteiger partial charge in [-0.1, -0.05) is 6.92 Å². The predicted octanol–water partition coefficient (Wildman–Crippen LogP) is 2.02. The molecule has 3 unspecified atom stereocenters. The van der Waals surface area contributed by atoms with E-state index in [-0.39, 0.29) is 0 Å². The fraction of sp³-hybridized carbons (Fsp3) is 1.00. The Hall–Kier alpha value is -0.120. The maximum atomic E-state index is 5.75. The summed E-state index contributed by atoms with van der Waals surface area (Å²) in [5.41, 5.74) is 0. The number of nitrogens with zero attached hydrogens (tertiary/aromatic N) is 1. The Bertz CT molecular complexity index is 216. The highest BCUT2D eigenvalue weighted by molar-refractivity contribution is 4.79. The Morgan fingerprint density at radius 3 is 2.76 bits per heavy atom. The van der Waals surface area contributed by atoms with Crippen molar-refractivity contribution in [3.05, 3.63) is 0 Å². The molecule has 0 radical (unpaired) electrons. The molecule has 2 rings (SSSR count). The van der Waals surface area contributed by atoms with Gasteiger partial charge in [0.05, 0.1) is 6.10 Å². The van der Waals surface area contributed by atoms with E-state index in [2.05, 4.69) is 24.1 Å². The second kappa shape index (κ2) is 6.72. The number of nitrogens with one attached hydrogen (secondary N) is 1. The van der Waals surface area contributed by atoms with Crippen LogP contribution in [0.2, 0.25) is 0 Å². The van der Waals surface area contributed by atoms with Crippen molar-refractivity contribution < 1.29 is 4.74 Å². The third kappa shape index (κ3) is 4.23. The van der Waals surface area contributed by atoms with Crippen LogP contribution in [-0.2, 0) is 4.74 Å². The fourth-order valence-electron chi connectivity index (χ4n) is 2.98. The topological polar surface area (TPSA) is 24.5 Å². The van der Waals surface area contributed by atoms with Gasteiger partial charge >= 0.3 is 0 Å². The minimum absolute atomic E-state index is 0.512. The van der Waals surface area contributed by atoms with E-state index in [1.165, 1.54) is 45.2 Å². The second-order valence-corrected chi connectivity index (χ2v) is 5.69. The van der Waals surface area contributed by atoms with Gasteiger partial charge in [-0.2, -0.15) is 0 Å². The third-order valence-electron chi connectivity index (χ3n) is 4.17. The molecule has 3 nitrogen and oxygen atoms in total. The molecular formula is C14H28N2O. The number of ether oxygens (including phenoxy) is 1. The summed E-state index contributed by atoms with van der Waals surface area (Å²) in [5, 5.41) is 3.72. The molecule has 2 saturated heterocycles. The first-order valence-electron chi connectivity index (χ1n) is 7.38. The summed E-state index contributed by atoms with van der Waals surface area (Å²) in [7, 11) is 0. The zero-order chi connectivity index (χ0) is 12.1. The van der Waals surface area contributed by atoms with Crippen molar-refractivity contribution in [3.8, 4) is 0 Å². The highest BCUT2D eigenvalue weighted by atomic mass is 16.5. The van der Waals surface area contributed by atoms with E-state index in [1.807, 2.05) is 0 Å². The molecule has 1 N–H and O–H groups in total. The lowest BCUT2D eigenvalue weighted by Crippen LogP contribution is -2.45. The van der Waals surface area contributed by atoms with Crippen molar-refractivity contribution in [3.63, 3.8) is 0 Å². The normalized spacial score (nSPS) is 36.7. The zero-order valence-corrected chi connectivity index (χ0v) is 11.5. The fourth-order valence-corrected chi connectivity index (χ4v) is 2.98. The molecule has 3 atom stereocenters. The summed E-state index contributed by atoms with van der Waals surface area (Å²) < 4.78 is 5.75. The number of hydrogen-bond acceptors (Lipinski definition) is 3. The molecular weight excluding hydrogens is 212 g/mol. The summed E-state index contributed by atoms with van der Waals surface area (Å²) in [5.74, 6) is 0. The first-order valence-corrected chi connectivity index (χ1v) is 7.38. The monoisotopic (exact) mass is 240 g/mol. The van der Waals surface area contributed by atoms with Crippen LogP contribution < -0.4 is 5.32 Å². The largest absolute Gasteiger partial charge is 0.377 e. The summed E-state index contributed by atoms with van der Waals surface area (Å²) in [6.45, 7) is 9.20.